The van der Waals surface area contributed by atoms with Gasteiger partial charge < -0.3 is 9.80 Å². The smallest absolute Gasteiger partial charge is 0.278 e. The van der Waals surface area contributed by atoms with Gasteiger partial charge in [0.15, 0.2) is 5.82 Å². The number of aromatic nitrogens is 3. The Kier molecular flexibility index (Phi) is 4.53. The van der Waals surface area contributed by atoms with Gasteiger partial charge in [0.25, 0.3) is 5.69 Å². The molecular weight excluding hydrogens is 344 g/mol. The van der Waals surface area contributed by atoms with Gasteiger partial charge in [-0.05, 0) is 37.1 Å². The van der Waals surface area contributed by atoms with Crippen LogP contribution in [-0.4, -0.2) is 46.3 Å². The van der Waals surface area contributed by atoms with Crippen molar-refractivity contribution >= 4 is 28.0 Å². The topological polar surface area (TPSA) is 88.3 Å². The second-order valence-electron chi connectivity index (χ2n) is 6.72. The molecular formula is C19H20N6O2. The lowest BCUT2D eigenvalue weighted by Gasteiger charge is -2.39. The predicted molar refractivity (Wildman–Crippen MR) is 104 cm³/mol. The van der Waals surface area contributed by atoms with Crippen LogP contribution < -0.4 is 9.80 Å². The Morgan fingerprint density at radius 3 is 2.89 bits per heavy atom. The number of piperidine rings is 1. The number of hydrogen-bond acceptors (Lipinski definition) is 7. The minimum Gasteiger partial charge on any atom is -0.369 e. The van der Waals surface area contributed by atoms with Crippen molar-refractivity contribution in [2.75, 3.05) is 29.9 Å². The molecule has 1 fully saturated rings. The first kappa shape index (κ1) is 17.1. The summed E-state index contributed by atoms with van der Waals surface area (Å²) >= 11 is 0. The highest BCUT2D eigenvalue weighted by Crippen LogP contribution is 2.34. The van der Waals surface area contributed by atoms with Crippen LogP contribution in [0.4, 0.5) is 17.2 Å². The fraction of sp³-hybridized carbons (Fsp3) is 0.316. The zero-order chi connectivity index (χ0) is 18.8. The summed E-state index contributed by atoms with van der Waals surface area (Å²) in [6.07, 6.45) is 7.02. The van der Waals surface area contributed by atoms with Gasteiger partial charge in [-0.25, -0.2) is 0 Å². The average Bonchev–Trinajstić information content (AvgIpc) is 2.73. The highest BCUT2D eigenvalue weighted by Gasteiger charge is 2.26. The first-order chi connectivity index (χ1) is 13.1. The van der Waals surface area contributed by atoms with E-state index in [4.69, 9.17) is 0 Å². The lowest BCUT2D eigenvalue weighted by Crippen LogP contribution is -2.47. The Hall–Kier alpha value is -3.29. The van der Waals surface area contributed by atoms with Gasteiger partial charge in [-0.15, -0.1) is 5.10 Å². The van der Waals surface area contributed by atoms with Crippen LogP contribution in [0.15, 0.2) is 48.9 Å². The molecule has 1 atom stereocenters. The van der Waals surface area contributed by atoms with E-state index in [1.165, 1.54) is 0 Å². The zero-order valence-corrected chi connectivity index (χ0v) is 15.0. The maximum absolute atomic E-state index is 11.3. The van der Waals surface area contributed by atoms with Gasteiger partial charge in [0.2, 0.25) is 0 Å². The molecule has 0 aliphatic carbocycles. The molecule has 0 amide bonds. The summed E-state index contributed by atoms with van der Waals surface area (Å²) < 4.78 is 0. The maximum atomic E-state index is 11.3. The molecule has 1 aliphatic rings. The number of nitro groups is 1. The fourth-order valence-electron chi connectivity index (χ4n) is 3.76. The first-order valence-electron chi connectivity index (χ1n) is 8.92. The standard InChI is InChI=1S/C19H20N6O2/c1-23(14-4-3-11-24(13-14)19-5-2-9-21-22-19)17-6-7-18(25(26)27)16-12-20-10-8-15(16)17/h2,5-10,12,14H,3-4,11,13H2,1H3. The molecule has 3 heterocycles. The number of hydrogen-bond donors (Lipinski definition) is 0. The molecule has 0 radical (unpaired) electrons. The summed E-state index contributed by atoms with van der Waals surface area (Å²) in [5, 5.41) is 21.0. The predicted octanol–water partition coefficient (Wildman–Crippen LogP) is 3.04. The molecule has 1 aliphatic heterocycles. The fourth-order valence-corrected chi connectivity index (χ4v) is 3.76. The molecule has 4 rings (SSSR count). The number of non-ortho nitro benzene ring substituents is 1. The minimum atomic E-state index is -0.357. The van der Waals surface area contributed by atoms with Gasteiger partial charge in [0.1, 0.15) is 0 Å². The Balaban J connectivity index is 1.66. The number of anilines is 2. The van der Waals surface area contributed by atoms with Crippen LogP contribution in [0.25, 0.3) is 10.8 Å². The number of pyridine rings is 1. The Morgan fingerprint density at radius 2 is 2.11 bits per heavy atom. The molecule has 8 nitrogen and oxygen atoms in total. The number of nitro benzene ring substituents is 1. The molecule has 1 saturated heterocycles. The van der Waals surface area contributed by atoms with Crippen LogP contribution >= 0.6 is 0 Å². The van der Waals surface area contributed by atoms with Crippen LogP contribution in [0.1, 0.15) is 12.8 Å². The van der Waals surface area contributed by atoms with Gasteiger partial charge in [-0.1, -0.05) is 0 Å². The van der Waals surface area contributed by atoms with Gasteiger partial charge in [-0.3, -0.25) is 15.1 Å². The monoisotopic (exact) mass is 364 g/mol. The van der Waals surface area contributed by atoms with E-state index >= 15 is 0 Å². The minimum absolute atomic E-state index is 0.0834. The molecule has 1 unspecified atom stereocenters. The molecule has 0 spiro atoms. The van der Waals surface area contributed by atoms with Crippen molar-refractivity contribution in [3.05, 3.63) is 59.0 Å². The highest BCUT2D eigenvalue weighted by atomic mass is 16.6. The molecule has 27 heavy (non-hydrogen) atoms. The van der Waals surface area contributed by atoms with Gasteiger partial charge in [0.05, 0.1) is 10.3 Å². The number of benzene rings is 1. The van der Waals surface area contributed by atoms with E-state index in [0.29, 0.717) is 5.39 Å². The van der Waals surface area contributed by atoms with Crippen molar-refractivity contribution in [1.82, 2.24) is 15.2 Å². The van der Waals surface area contributed by atoms with Gasteiger partial charge >= 0.3 is 0 Å². The first-order valence-corrected chi connectivity index (χ1v) is 8.92. The number of rotatable bonds is 4. The van der Waals surface area contributed by atoms with Crippen molar-refractivity contribution in [2.45, 2.75) is 18.9 Å². The lowest BCUT2D eigenvalue weighted by molar-refractivity contribution is -0.383. The van der Waals surface area contributed by atoms with Crippen LogP contribution in [0.5, 0.6) is 0 Å². The SMILES string of the molecule is CN(c1ccc([N+](=O)[O-])c2cnccc12)C1CCCN(c2cccnn2)C1. The molecule has 8 heteroatoms. The molecule has 0 N–H and O–H groups in total. The van der Waals surface area contributed by atoms with Gasteiger partial charge in [-0.2, -0.15) is 5.10 Å². The molecule has 138 valence electrons. The van der Waals surface area contributed by atoms with E-state index in [1.807, 2.05) is 31.3 Å². The Bertz CT molecular complexity index is 965. The van der Waals surface area contributed by atoms with Crippen molar-refractivity contribution in [3.63, 3.8) is 0 Å². The van der Waals surface area contributed by atoms with E-state index in [0.717, 1.165) is 42.8 Å². The van der Waals surface area contributed by atoms with Crippen molar-refractivity contribution in [1.29, 1.82) is 0 Å². The molecule has 3 aromatic rings. The third-order valence-electron chi connectivity index (χ3n) is 5.18. The summed E-state index contributed by atoms with van der Waals surface area (Å²) in [4.78, 5) is 19.5. The maximum Gasteiger partial charge on any atom is 0.278 e. The molecule has 2 aromatic heterocycles. The highest BCUT2D eigenvalue weighted by molar-refractivity contribution is 5.99. The van der Waals surface area contributed by atoms with Crippen molar-refractivity contribution in [3.8, 4) is 0 Å². The number of fused-ring (bicyclic) bond motifs is 1. The van der Waals surface area contributed by atoms with E-state index in [2.05, 4.69) is 25.0 Å². The van der Waals surface area contributed by atoms with E-state index in [9.17, 15) is 10.1 Å². The lowest BCUT2D eigenvalue weighted by atomic mass is 10.0. The second kappa shape index (κ2) is 7.14. The average molecular weight is 364 g/mol. The van der Waals surface area contributed by atoms with Crippen LogP contribution in [0.3, 0.4) is 0 Å². The zero-order valence-electron chi connectivity index (χ0n) is 15.0. The summed E-state index contributed by atoms with van der Waals surface area (Å²) in [5.41, 5.74) is 1.06. The third kappa shape index (κ3) is 3.25. The summed E-state index contributed by atoms with van der Waals surface area (Å²) in [6.45, 7) is 1.78. The van der Waals surface area contributed by atoms with E-state index in [-0.39, 0.29) is 16.7 Å². The second-order valence-corrected chi connectivity index (χ2v) is 6.72. The van der Waals surface area contributed by atoms with E-state index in [1.54, 1.807) is 24.7 Å². The van der Waals surface area contributed by atoms with Gasteiger partial charge in [0, 0.05) is 61.9 Å². The van der Waals surface area contributed by atoms with Crippen LogP contribution in [0, 0.1) is 10.1 Å². The van der Waals surface area contributed by atoms with Crippen LogP contribution in [-0.2, 0) is 0 Å². The Morgan fingerprint density at radius 1 is 1.22 bits per heavy atom. The summed E-state index contributed by atoms with van der Waals surface area (Å²) in [7, 11) is 2.05. The van der Waals surface area contributed by atoms with Crippen molar-refractivity contribution in [2.24, 2.45) is 0 Å². The molecule has 1 aromatic carbocycles. The van der Waals surface area contributed by atoms with Crippen molar-refractivity contribution < 1.29 is 4.92 Å². The number of likely N-dealkylation sites (N-methyl/N-ethyl adjacent to an activating group) is 1. The quantitative estimate of drug-likeness (QED) is 0.519. The summed E-state index contributed by atoms with van der Waals surface area (Å²) in [6, 6.07) is 9.39. The third-order valence-corrected chi connectivity index (χ3v) is 5.18. The normalized spacial score (nSPS) is 17.1. The largest absolute Gasteiger partial charge is 0.369 e. The molecule has 0 bridgehead atoms. The van der Waals surface area contributed by atoms with E-state index < -0.39 is 0 Å². The van der Waals surface area contributed by atoms with Crippen LogP contribution in [0.2, 0.25) is 0 Å². The molecule has 0 saturated carbocycles. The summed E-state index contributed by atoms with van der Waals surface area (Å²) in [5.74, 6) is 0.883. The Labute approximate surface area is 156 Å². The number of nitrogens with zero attached hydrogens (tertiary/aromatic N) is 6.